The molecule has 0 unspecified atom stereocenters. The summed E-state index contributed by atoms with van der Waals surface area (Å²) >= 11 is 0. The molecule has 0 aliphatic rings. The van der Waals surface area contributed by atoms with Crippen LogP contribution in [0.5, 0.6) is 0 Å². The van der Waals surface area contributed by atoms with Gasteiger partial charge in [-0.25, -0.2) is 0 Å². The molecule has 2 N–H and O–H groups in total. The molecular weight excluding hydrogens is 158 g/mol. The van der Waals surface area contributed by atoms with Crippen LogP contribution < -0.4 is 5.73 Å². The maximum absolute atomic E-state index is 10.9. The van der Waals surface area contributed by atoms with Crippen molar-refractivity contribution >= 4 is 17.3 Å². The average molecular weight is 167 g/mol. The molecule has 4 heteroatoms. The quantitative estimate of drug-likeness (QED) is 0.673. The van der Waals surface area contributed by atoms with Crippen LogP contribution in [0, 0.1) is 0 Å². The third kappa shape index (κ3) is 1.23. The molecule has 0 bridgehead atoms. The maximum atomic E-state index is 10.9. The van der Waals surface area contributed by atoms with Crippen molar-refractivity contribution in [3.05, 3.63) is 17.6 Å². The van der Waals surface area contributed by atoms with Gasteiger partial charge in [0.25, 0.3) is 0 Å². The first kappa shape index (κ1) is 8.52. The summed E-state index contributed by atoms with van der Waals surface area (Å²) < 4.78 is 4.82. The van der Waals surface area contributed by atoms with E-state index in [1.807, 2.05) is 0 Å². The molecule has 12 heavy (non-hydrogen) atoms. The predicted octanol–water partition coefficient (Wildman–Crippen LogP) is 1.27. The number of ketones is 2. The molecule has 0 fully saturated rings. The number of furan rings is 1. The number of carbonyl (C=O) groups is 2. The number of hydrogen-bond acceptors (Lipinski definition) is 4. The number of hydrogen-bond donors (Lipinski definition) is 1. The lowest BCUT2D eigenvalue weighted by atomic mass is 10.2. The van der Waals surface area contributed by atoms with E-state index in [1.54, 1.807) is 0 Å². The summed E-state index contributed by atoms with van der Waals surface area (Å²) in [7, 11) is 0. The number of anilines is 1. The molecule has 0 atom stereocenters. The average Bonchev–Trinajstić information content (AvgIpc) is 2.30. The molecule has 0 amide bonds. The molecule has 0 aliphatic carbocycles. The Hall–Kier alpha value is -1.58. The van der Waals surface area contributed by atoms with E-state index in [-0.39, 0.29) is 28.6 Å². The van der Waals surface area contributed by atoms with Gasteiger partial charge in [-0.2, -0.15) is 0 Å². The van der Waals surface area contributed by atoms with Crippen molar-refractivity contribution in [1.29, 1.82) is 0 Å². The van der Waals surface area contributed by atoms with Gasteiger partial charge in [0.15, 0.2) is 17.3 Å². The third-order valence-corrected chi connectivity index (χ3v) is 1.53. The van der Waals surface area contributed by atoms with Gasteiger partial charge in [-0.05, 0) is 6.92 Å². The fourth-order valence-corrected chi connectivity index (χ4v) is 0.912. The monoisotopic (exact) mass is 167 g/mol. The van der Waals surface area contributed by atoms with Gasteiger partial charge in [0.1, 0.15) is 6.26 Å². The molecule has 4 nitrogen and oxygen atoms in total. The van der Waals surface area contributed by atoms with Gasteiger partial charge in [-0.1, -0.05) is 0 Å². The number of carbonyl (C=O) groups excluding carboxylic acids is 2. The summed E-state index contributed by atoms with van der Waals surface area (Å²) in [4.78, 5) is 21.7. The Balaban J connectivity index is 3.22. The standard InChI is InChI=1S/C8H9NO3/c1-4(10)6-3-12-8(5(2)11)7(6)9/h3H,9H2,1-2H3. The van der Waals surface area contributed by atoms with Gasteiger partial charge in [-0.3, -0.25) is 9.59 Å². The van der Waals surface area contributed by atoms with Gasteiger partial charge in [0.05, 0.1) is 11.3 Å². The highest BCUT2D eigenvalue weighted by Crippen LogP contribution is 2.20. The lowest BCUT2D eigenvalue weighted by molar-refractivity contribution is 0.0985. The fourth-order valence-electron chi connectivity index (χ4n) is 0.912. The minimum Gasteiger partial charge on any atom is -0.458 e. The van der Waals surface area contributed by atoms with Crippen molar-refractivity contribution in [3.63, 3.8) is 0 Å². The van der Waals surface area contributed by atoms with Crippen LogP contribution in [0.15, 0.2) is 10.7 Å². The number of rotatable bonds is 2. The highest BCUT2D eigenvalue weighted by molar-refractivity contribution is 6.05. The van der Waals surface area contributed by atoms with Crippen LogP contribution >= 0.6 is 0 Å². The van der Waals surface area contributed by atoms with Crippen molar-refractivity contribution in [2.75, 3.05) is 5.73 Å². The van der Waals surface area contributed by atoms with Crippen molar-refractivity contribution in [2.45, 2.75) is 13.8 Å². The van der Waals surface area contributed by atoms with Gasteiger partial charge in [0, 0.05) is 6.92 Å². The zero-order chi connectivity index (χ0) is 9.30. The lowest BCUT2D eigenvalue weighted by Crippen LogP contribution is -2.00. The highest BCUT2D eigenvalue weighted by Gasteiger charge is 2.16. The van der Waals surface area contributed by atoms with Gasteiger partial charge in [-0.15, -0.1) is 0 Å². The zero-order valence-electron chi connectivity index (χ0n) is 6.88. The summed E-state index contributed by atoms with van der Waals surface area (Å²) in [5, 5.41) is 0. The van der Waals surface area contributed by atoms with E-state index in [0.29, 0.717) is 0 Å². The van der Waals surface area contributed by atoms with Crippen LogP contribution in [-0.2, 0) is 0 Å². The first-order chi connectivity index (χ1) is 5.54. The molecule has 1 aromatic heterocycles. The lowest BCUT2D eigenvalue weighted by Gasteiger charge is -1.91. The van der Waals surface area contributed by atoms with Crippen molar-refractivity contribution in [2.24, 2.45) is 0 Å². The van der Waals surface area contributed by atoms with E-state index in [9.17, 15) is 9.59 Å². The molecule has 64 valence electrons. The predicted molar refractivity (Wildman–Crippen MR) is 43.1 cm³/mol. The Morgan fingerprint density at radius 2 is 1.92 bits per heavy atom. The van der Waals surface area contributed by atoms with Crippen LogP contribution in [-0.4, -0.2) is 11.6 Å². The van der Waals surface area contributed by atoms with Crippen molar-refractivity contribution < 1.29 is 14.0 Å². The Labute approximate surface area is 69.3 Å². The largest absolute Gasteiger partial charge is 0.458 e. The zero-order valence-corrected chi connectivity index (χ0v) is 6.88. The number of nitrogens with two attached hydrogens (primary N) is 1. The normalized spacial score (nSPS) is 9.83. The third-order valence-electron chi connectivity index (χ3n) is 1.53. The Kier molecular flexibility index (Phi) is 1.99. The number of nitrogen functional groups attached to an aromatic ring is 1. The molecule has 0 spiro atoms. The first-order valence-corrected chi connectivity index (χ1v) is 3.43. The van der Waals surface area contributed by atoms with E-state index in [2.05, 4.69) is 0 Å². The SMILES string of the molecule is CC(=O)c1coc(C(C)=O)c1N. The summed E-state index contributed by atoms with van der Waals surface area (Å²) in [6.45, 7) is 2.70. The molecule has 0 radical (unpaired) electrons. The van der Waals surface area contributed by atoms with Crippen molar-refractivity contribution in [3.8, 4) is 0 Å². The molecule has 0 aliphatic heterocycles. The molecule has 0 saturated heterocycles. The topological polar surface area (TPSA) is 73.3 Å². The van der Waals surface area contributed by atoms with Gasteiger partial charge >= 0.3 is 0 Å². The van der Waals surface area contributed by atoms with Gasteiger partial charge in [0.2, 0.25) is 0 Å². The number of Topliss-reactive ketones (excluding diaryl/α,β-unsaturated/α-hetero) is 2. The van der Waals surface area contributed by atoms with E-state index >= 15 is 0 Å². The minimum atomic E-state index is -0.278. The molecule has 0 saturated carbocycles. The van der Waals surface area contributed by atoms with Crippen LogP contribution in [0.1, 0.15) is 34.8 Å². The van der Waals surface area contributed by atoms with Crippen LogP contribution in [0.25, 0.3) is 0 Å². The summed E-state index contributed by atoms with van der Waals surface area (Å²) in [6, 6.07) is 0. The van der Waals surface area contributed by atoms with Gasteiger partial charge < -0.3 is 10.2 Å². The molecular formula is C8H9NO3. The fraction of sp³-hybridized carbons (Fsp3) is 0.250. The second-order valence-electron chi connectivity index (χ2n) is 2.50. The second kappa shape index (κ2) is 2.81. The second-order valence-corrected chi connectivity index (χ2v) is 2.50. The van der Waals surface area contributed by atoms with Crippen LogP contribution in [0.4, 0.5) is 5.69 Å². The van der Waals surface area contributed by atoms with Crippen molar-refractivity contribution in [1.82, 2.24) is 0 Å². The Bertz CT molecular complexity index is 307. The van der Waals surface area contributed by atoms with Crippen LogP contribution in [0.3, 0.4) is 0 Å². The highest BCUT2D eigenvalue weighted by atomic mass is 16.3. The smallest absolute Gasteiger partial charge is 0.197 e. The van der Waals surface area contributed by atoms with E-state index in [4.69, 9.17) is 10.2 Å². The van der Waals surface area contributed by atoms with E-state index < -0.39 is 0 Å². The molecule has 1 aromatic rings. The minimum absolute atomic E-state index is 0.0557. The molecule has 1 heterocycles. The summed E-state index contributed by atoms with van der Waals surface area (Å²) in [5.41, 5.74) is 5.87. The van der Waals surface area contributed by atoms with E-state index in [1.165, 1.54) is 20.1 Å². The first-order valence-electron chi connectivity index (χ1n) is 3.43. The molecule has 1 rings (SSSR count). The molecule has 0 aromatic carbocycles. The van der Waals surface area contributed by atoms with Crippen LogP contribution in [0.2, 0.25) is 0 Å². The summed E-state index contributed by atoms with van der Waals surface area (Å²) in [5.74, 6) is -0.427. The Morgan fingerprint density at radius 1 is 1.33 bits per heavy atom. The van der Waals surface area contributed by atoms with E-state index in [0.717, 1.165) is 0 Å². The summed E-state index contributed by atoms with van der Waals surface area (Å²) in [6.07, 6.45) is 1.20. The Morgan fingerprint density at radius 3 is 2.17 bits per heavy atom. The maximum Gasteiger partial charge on any atom is 0.197 e.